The second-order valence-electron chi connectivity index (χ2n) is 16.3. The molecular formula is C58H30F4. The maximum Gasteiger partial charge on any atom is 0.134 e. The van der Waals surface area contributed by atoms with Crippen LogP contribution in [-0.4, -0.2) is 0 Å². The summed E-state index contributed by atoms with van der Waals surface area (Å²) in [7, 11) is 0. The van der Waals surface area contributed by atoms with Crippen LogP contribution < -0.4 is 0 Å². The Kier molecular flexibility index (Phi) is 7.25. The molecule has 0 aliphatic heterocycles. The third kappa shape index (κ3) is 4.66. The maximum absolute atomic E-state index is 16.2. The van der Waals surface area contributed by atoms with Crippen molar-refractivity contribution in [1.82, 2.24) is 0 Å². The Morgan fingerprint density at radius 2 is 0.532 bits per heavy atom. The third-order valence-corrected chi connectivity index (χ3v) is 13.2. The molecule has 0 nitrogen and oxygen atoms in total. The van der Waals surface area contributed by atoms with Gasteiger partial charge in [0, 0.05) is 11.1 Å². The van der Waals surface area contributed by atoms with Gasteiger partial charge in [-0.1, -0.05) is 133 Å². The van der Waals surface area contributed by atoms with E-state index in [2.05, 4.69) is 97.1 Å². The molecule has 0 aliphatic carbocycles. The van der Waals surface area contributed by atoms with Crippen molar-refractivity contribution in [2.45, 2.75) is 0 Å². The van der Waals surface area contributed by atoms with Gasteiger partial charge in [-0.2, -0.15) is 0 Å². The normalized spacial score (nSPS) is 12.2. The van der Waals surface area contributed by atoms with E-state index < -0.39 is 23.3 Å². The van der Waals surface area contributed by atoms with Crippen LogP contribution in [0.5, 0.6) is 0 Å². The third-order valence-electron chi connectivity index (χ3n) is 13.2. The first-order chi connectivity index (χ1) is 30.5. The van der Waals surface area contributed by atoms with Crippen molar-refractivity contribution in [2.75, 3.05) is 0 Å². The van der Waals surface area contributed by atoms with Crippen molar-refractivity contribution in [3.05, 3.63) is 205 Å². The molecule has 13 aromatic rings. The Bertz CT molecular complexity index is 3960. The van der Waals surface area contributed by atoms with E-state index in [4.69, 9.17) is 0 Å². The van der Waals surface area contributed by atoms with Gasteiger partial charge in [0.25, 0.3) is 0 Å². The van der Waals surface area contributed by atoms with Crippen LogP contribution >= 0.6 is 0 Å². The Hall–Kier alpha value is -7.82. The quantitative estimate of drug-likeness (QED) is 0.123. The number of fused-ring (bicyclic) bond motifs is 10. The average molecular weight is 803 g/mol. The Morgan fingerprint density at radius 3 is 1.00 bits per heavy atom. The Balaban J connectivity index is 1.25. The SMILES string of the molecule is Fc1cccc(F)c1-c1c2ccccc2c(-c2c(F)cccc2F)c2cc3c(cc12)c1cccc2c1c3c1cccc3c4cc(-c5ccccc5)c(-c5ccccc5)cc4c2c31. The van der Waals surface area contributed by atoms with Crippen molar-refractivity contribution < 1.29 is 17.6 Å². The summed E-state index contributed by atoms with van der Waals surface area (Å²) in [5.41, 5.74) is 4.85. The Labute approximate surface area is 352 Å². The standard InChI is InChI=1S/C58H30F4/c59-47-23-11-24-48(60)57(47)53-33-17-7-8-18-34(33)54(58-49(61)25-12-26-50(58)62)46-30-44-42(29-45(46)53)36-20-10-21-37-52(36)56(44)38-22-9-19-35-41-27-39(31-13-3-1-4-14-31)40(32-15-5-2-6-16-32)28-43(41)55(37)51(35)38/h1-30H. The Morgan fingerprint density at radius 1 is 0.210 bits per heavy atom. The van der Waals surface area contributed by atoms with Gasteiger partial charge in [-0.05, 0) is 157 Å². The van der Waals surface area contributed by atoms with E-state index >= 15 is 17.6 Å². The van der Waals surface area contributed by atoms with Gasteiger partial charge in [-0.3, -0.25) is 0 Å². The minimum Gasteiger partial charge on any atom is -0.206 e. The van der Waals surface area contributed by atoms with Crippen LogP contribution in [0.4, 0.5) is 17.6 Å². The molecule has 0 saturated heterocycles. The zero-order valence-corrected chi connectivity index (χ0v) is 32.8. The summed E-state index contributed by atoms with van der Waals surface area (Å²) in [5.74, 6) is -2.89. The first-order valence-corrected chi connectivity index (χ1v) is 20.7. The molecular weight excluding hydrogens is 773 g/mol. The van der Waals surface area contributed by atoms with Crippen molar-refractivity contribution in [3.8, 4) is 44.5 Å². The van der Waals surface area contributed by atoms with Gasteiger partial charge in [0.05, 0.1) is 11.1 Å². The predicted octanol–water partition coefficient (Wildman–Crippen LogP) is 17.0. The second kappa shape index (κ2) is 12.8. The molecule has 0 saturated carbocycles. The number of hydrogen-bond acceptors (Lipinski definition) is 0. The molecule has 0 spiro atoms. The predicted molar refractivity (Wildman–Crippen MR) is 250 cm³/mol. The summed E-state index contributed by atoms with van der Waals surface area (Å²) in [5, 5.41) is 14.8. The largest absolute Gasteiger partial charge is 0.206 e. The molecule has 0 fully saturated rings. The fraction of sp³-hybridized carbons (Fsp3) is 0. The van der Waals surface area contributed by atoms with Gasteiger partial charge in [0.2, 0.25) is 0 Å². The van der Waals surface area contributed by atoms with Crippen LogP contribution in [0, 0.1) is 23.3 Å². The van der Waals surface area contributed by atoms with Crippen LogP contribution in [0.25, 0.3) is 131 Å². The van der Waals surface area contributed by atoms with E-state index in [1.54, 1.807) is 24.3 Å². The smallest absolute Gasteiger partial charge is 0.134 e. The molecule has 13 aromatic carbocycles. The number of halogens is 4. The maximum atomic E-state index is 16.2. The number of hydrogen-bond donors (Lipinski definition) is 0. The van der Waals surface area contributed by atoms with Crippen LogP contribution in [0.2, 0.25) is 0 Å². The molecule has 13 rings (SSSR count). The van der Waals surface area contributed by atoms with E-state index in [0.29, 0.717) is 32.7 Å². The van der Waals surface area contributed by atoms with Crippen molar-refractivity contribution >= 4 is 86.2 Å². The van der Waals surface area contributed by atoms with Gasteiger partial charge in [-0.15, -0.1) is 0 Å². The van der Waals surface area contributed by atoms with E-state index in [1.807, 2.05) is 24.3 Å². The molecule has 0 aliphatic rings. The molecule has 0 atom stereocenters. The zero-order chi connectivity index (χ0) is 41.4. The van der Waals surface area contributed by atoms with E-state index in [9.17, 15) is 0 Å². The van der Waals surface area contributed by atoms with Crippen LogP contribution in [-0.2, 0) is 0 Å². The lowest BCUT2D eigenvalue weighted by Crippen LogP contribution is -1.97. The minimum absolute atomic E-state index is 0.185. The molecule has 0 bridgehead atoms. The molecule has 0 unspecified atom stereocenters. The lowest BCUT2D eigenvalue weighted by molar-refractivity contribution is 0.589. The lowest BCUT2D eigenvalue weighted by atomic mass is 9.84. The highest BCUT2D eigenvalue weighted by Crippen LogP contribution is 2.54. The molecule has 0 amide bonds. The summed E-state index contributed by atoms with van der Waals surface area (Å²) < 4.78 is 64.5. The minimum atomic E-state index is -0.722. The highest BCUT2D eigenvalue weighted by molar-refractivity contribution is 6.48. The average Bonchev–Trinajstić information content (AvgIpc) is 3.81. The molecule has 0 aromatic heterocycles. The molecule has 290 valence electrons. The van der Waals surface area contributed by atoms with Crippen LogP contribution in [0.15, 0.2) is 182 Å². The van der Waals surface area contributed by atoms with Crippen LogP contribution in [0.3, 0.4) is 0 Å². The molecule has 62 heavy (non-hydrogen) atoms. The van der Waals surface area contributed by atoms with Gasteiger partial charge in [0.15, 0.2) is 0 Å². The molecule has 0 radical (unpaired) electrons. The molecule has 0 N–H and O–H groups in total. The van der Waals surface area contributed by atoms with Crippen molar-refractivity contribution in [3.63, 3.8) is 0 Å². The lowest BCUT2D eigenvalue weighted by Gasteiger charge is -2.19. The fourth-order valence-electron chi connectivity index (χ4n) is 10.7. The summed E-state index contributed by atoms with van der Waals surface area (Å²) in [6.07, 6.45) is 0. The van der Waals surface area contributed by atoms with Crippen molar-refractivity contribution in [2.24, 2.45) is 0 Å². The monoisotopic (exact) mass is 802 g/mol. The fourth-order valence-corrected chi connectivity index (χ4v) is 10.7. The summed E-state index contributed by atoms with van der Waals surface area (Å²) >= 11 is 0. The summed E-state index contributed by atoms with van der Waals surface area (Å²) in [6.45, 7) is 0. The molecule has 0 heterocycles. The zero-order valence-electron chi connectivity index (χ0n) is 32.8. The second-order valence-corrected chi connectivity index (χ2v) is 16.3. The highest BCUT2D eigenvalue weighted by Gasteiger charge is 2.28. The van der Waals surface area contributed by atoms with Gasteiger partial charge < -0.3 is 0 Å². The van der Waals surface area contributed by atoms with Gasteiger partial charge in [-0.25, -0.2) is 17.6 Å². The van der Waals surface area contributed by atoms with Crippen LogP contribution in [0.1, 0.15) is 0 Å². The summed E-state index contributed by atoms with van der Waals surface area (Å²) in [4.78, 5) is 0. The summed E-state index contributed by atoms with van der Waals surface area (Å²) in [6, 6.07) is 57.4. The molecule has 4 heteroatoms. The first-order valence-electron chi connectivity index (χ1n) is 20.7. The van der Waals surface area contributed by atoms with E-state index in [-0.39, 0.29) is 11.1 Å². The van der Waals surface area contributed by atoms with Gasteiger partial charge in [0.1, 0.15) is 23.3 Å². The number of benzene rings is 11. The highest BCUT2D eigenvalue weighted by atomic mass is 19.1. The van der Waals surface area contributed by atoms with E-state index in [1.165, 1.54) is 36.4 Å². The van der Waals surface area contributed by atoms with Gasteiger partial charge >= 0.3 is 0 Å². The van der Waals surface area contributed by atoms with Crippen molar-refractivity contribution in [1.29, 1.82) is 0 Å². The topological polar surface area (TPSA) is 0 Å². The first kappa shape index (κ1) is 35.0. The number of rotatable bonds is 4. The van der Waals surface area contributed by atoms with E-state index in [0.717, 1.165) is 86.9 Å².